The van der Waals surface area contributed by atoms with Crippen LogP contribution < -0.4 is 5.32 Å². The number of anilines is 1. The van der Waals surface area contributed by atoms with Crippen LogP contribution in [0.15, 0.2) is 61.2 Å². The first kappa shape index (κ1) is 13.8. The van der Waals surface area contributed by atoms with Crippen molar-refractivity contribution in [3.63, 3.8) is 0 Å². The molecule has 114 valence electrons. The molecular weight excluding hydrogens is 286 g/mol. The molecule has 2 aromatic carbocycles. The van der Waals surface area contributed by atoms with Gasteiger partial charge in [0.1, 0.15) is 0 Å². The molecule has 0 spiro atoms. The van der Waals surface area contributed by atoms with E-state index in [1.807, 2.05) is 41.1 Å². The molecule has 23 heavy (non-hydrogen) atoms. The van der Waals surface area contributed by atoms with Crippen molar-refractivity contribution in [3.05, 3.63) is 77.9 Å². The molecule has 0 radical (unpaired) electrons. The molecule has 1 heterocycles. The Kier molecular flexibility index (Phi) is 3.42. The van der Waals surface area contributed by atoms with Gasteiger partial charge in [-0.2, -0.15) is 0 Å². The Labute approximate surface area is 134 Å². The minimum atomic E-state index is -0.0832. The number of nitrogens with zero attached hydrogens (tertiary/aromatic N) is 2. The van der Waals surface area contributed by atoms with Crippen molar-refractivity contribution >= 4 is 11.6 Å². The first-order valence-corrected chi connectivity index (χ1v) is 7.81. The third-order valence-electron chi connectivity index (χ3n) is 4.29. The van der Waals surface area contributed by atoms with Crippen LogP contribution in [0.4, 0.5) is 5.69 Å². The van der Waals surface area contributed by atoms with Gasteiger partial charge in [-0.05, 0) is 66.8 Å². The van der Waals surface area contributed by atoms with Gasteiger partial charge in [-0.1, -0.05) is 6.07 Å². The fourth-order valence-corrected chi connectivity index (χ4v) is 3.05. The molecule has 4 nitrogen and oxygen atoms in total. The van der Waals surface area contributed by atoms with Crippen LogP contribution in [0.25, 0.3) is 5.69 Å². The number of carbonyl (C=O) groups is 1. The number of carbonyl (C=O) groups excluding carboxylic acids is 1. The number of hydrogen-bond donors (Lipinski definition) is 1. The van der Waals surface area contributed by atoms with Crippen LogP contribution in [-0.2, 0) is 12.8 Å². The Balaban J connectivity index is 1.51. The summed E-state index contributed by atoms with van der Waals surface area (Å²) in [4.78, 5) is 16.4. The smallest absolute Gasteiger partial charge is 0.255 e. The van der Waals surface area contributed by atoms with Crippen molar-refractivity contribution in [1.29, 1.82) is 0 Å². The number of rotatable bonds is 3. The van der Waals surface area contributed by atoms with E-state index in [0.29, 0.717) is 5.56 Å². The zero-order chi connectivity index (χ0) is 15.6. The SMILES string of the molecule is O=C(Nc1ccc2c(c1)CCC2)c1ccc(-n2ccnc2)cc1. The van der Waals surface area contributed by atoms with Gasteiger partial charge in [0.05, 0.1) is 6.33 Å². The fraction of sp³-hybridized carbons (Fsp3) is 0.158. The average Bonchev–Trinajstić information content (AvgIpc) is 3.26. The van der Waals surface area contributed by atoms with Crippen LogP contribution in [-0.4, -0.2) is 15.5 Å². The summed E-state index contributed by atoms with van der Waals surface area (Å²) in [5, 5.41) is 2.98. The average molecular weight is 303 g/mol. The molecule has 1 aliphatic rings. The van der Waals surface area contributed by atoms with Crippen LogP contribution in [0.1, 0.15) is 27.9 Å². The summed E-state index contributed by atoms with van der Waals surface area (Å²) in [5.41, 5.74) is 5.27. The lowest BCUT2D eigenvalue weighted by Crippen LogP contribution is -2.12. The summed E-state index contributed by atoms with van der Waals surface area (Å²) in [7, 11) is 0. The van der Waals surface area contributed by atoms with E-state index in [9.17, 15) is 4.79 Å². The molecule has 0 fully saturated rings. The van der Waals surface area contributed by atoms with Crippen LogP contribution in [0.3, 0.4) is 0 Å². The number of aryl methyl sites for hydroxylation is 2. The molecule has 0 saturated heterocycles. The van der Waals surface area contributed by atoms with E-state index in [-0.39, 0.29) is 5.91 Å². The second kappa shape index (κ2) is 5.72. The highest BCUT2D eigenvalue weighted by atomic mass is 16.1. The molecule has 0 atom stereocenters. The molecule has 0 unspecified atom stereocenters. The number of amides is 1. The Bertz CT molecular complexity index is 836. The molecule has 1 amide bonds. The highest BCUT2D eigenvalue weighted by Gasteiger charge is 2.12. The van der Waals surface area contributed by atoms with Gasteiger partial charge in [0.2, 0.25) is 0 Å². The quantitative estimate of drug-likeness (QED) is 0.803. The number of aromatic nitrogens is 2. The predicted molar refractivity (Wildman–Crippen MR) is 90.0 cm³/mol. The lowest BCUT2D eigenvalue weighted by Gasteiger charge is -2.08. The maximum Gasteiger partial charge on any atom is 0.255 e. The van der Waals surface area contributed by atoms with E-state index in [1.165, 1.54) is 17.5 Å². The molecule has 0 aliphatic heterocycles. The molecule has 0 bridgehead atoms. The van der Waals surface area contributed by atoms with Crippen molar-refractivity contribution in [2.45, 2.75) is 19.3 Å². The standard InChI is InChI=1S/C19H17N3O/c23-19(21-17-7-4-14-2-1-3-16(14)12-17)15-5-8-18(9-6-15)22-11-10-20-13-22/h4-13H,1-3H2,(H,21,23). The molecule has 1 aliphatic carbocycles. The zero-order valence-electron chi connectivity index (χ0n) is 12.7. The number of benzene rings is 2. The van der Waals surface area contributed by atoms with E-state index >= 15 is 0 Å². The van der Waals surface area contributed by atoms with Gasteiger partial charge < -0.3 is 9.88 Å². The van der Waals surface area contributed by atoms with Gasteiger partial charge in [-0.25, -0.2) is 4.98 Å². The van der Waals surface area contributed by atoms with Crippen molar-refractivity contribution in [2.75, 3.05) is 5.32 Å². The molecular formula is C19H17N3O. The van der Waals surface area contributed by atoms with Crippen LogP contribution >= 0.6 is 0 Å². The Morgan fingerprint density at radius 1 is 1.04 bits per heavy atom. The first-order chi connectivity index (χ1) is 11.3. The molecule has 3 aromatic rings. The summed E-state index contributed by atoms with van der Waals surface area (Å²) in [6.07, 6.45) is 8.81. The number of fused-ring (bicyclic) bond motifs is 1. The van der Waals surface area contributed by atoms with Crippen LogP contribution in [0, 0.1) is 0 Å². The summed E-state index contributed by atoms with van der Waals surface area (Å²) in [6, 6.07) is 13.7. The zero-order valence-corrected chi connectivity index (χ0v) is 12.7. The Hall–Kier alpha value is -2.88. The number of nitrogens with one attached hydrogen (secondary N) is 1. The van der Waals surface area contributed by atoms with E-state index in [0.717, 1.165) is 24.2 Å². The van der Waals surface area contributed by atoms with E-state index in [2.05, 4.69) is 22.4 Å². The van der Waals surface area contributed by atoms with Gasteiger partial charge in [0.15, 0.2) is 0 Å². The summed E-state index contributed by atoms with van der Waals surface area (Å²) in [5.74, 6) is -0.0832. The van der Waals surface area contributed by atoms with Gasteiger partial charge >= 0.3 is 0 Å². The van der Waals surface area contributed by atoms with E-state index < -0.39 is 0 Å². The topological polar surface area (TPSA) is 46.9 Å². The first-order valence-electron chi connectivity index (χ1n) is 7.81. The van der Waals surface area contributed by atoms with Crippen molar-refractivity contribution in [3.8, 4) is 5.69 Å². The van der Waals surface area contributed by atoms with Crippen molar-refractivity contribution in [1.82, 2.24) is 9.55 Å². The lowest BCUT2D eigenvalue weighted by atomic mass is 10.1. The third-order valence-corrected chi connectivity index (χ3v) is 4.29. The van der Waals surface area contributed by atoms with Gasteiger partial charge in [0, 0.05) is 29.3 Å². The third kappa shape index (κ3) is 2.75. The Morgan fingerprint density at radius 3 is 2.65 bits per heavy atom. The van der Waals surface area contributed by atoms with Gasteiger partial charge in [0.25, 0.3) is 5.91 Å². The molecule has 4 heteroatoms. The monoisotopic (exact) mass is 303 g/mol. The number of hydrogen-bond acceptors (Lipinski definition) is 2. The maximum atomic E-state index is 12.4. The molecule has 1 aromatic heterocycles. The van der Waals surface area contributed by atoms with Crippen molar-refractivity contribution < 1.29 is 4.79 Å². The van der Waals surface area contributed by atoms with Crippen LogP contribution in [0.5, 0.6) is 0 Å². The van der Waals surface area contributed by atoms with E-state index in [4.69, 9.17) is 0 Å². The minimum absolute atomic E-state index is 0.0832. The molecule has 4 rings (SSSR count). The highest BCUT2D eigenvalue weighted by molar-refractivity contribution is 6.04. The number of imidazole rings is 1. The van der Waals surface area contributed by atoms with Gasteiger partial charge in [-0.3, -0.25) is 4.79 Å². The second-order valence-corrected chi connectivity index (χ2v) is 5.81. The summed E-state index contributed by atoms with van der Waals surface area (Å²) < 4.78 is 1.90. The lowest BCUT2D eigenvalue weighted by molar-refractivity contribution is 0.102. The highest BCUT2D eigenvalue weighted by Crippen LogP contribution is 2.25. The fourth-order valence-electron chi connectivity index (χ4n) is 3.05. The van der Waals surface area contributed by atoms with Crippen molar-refractivity contribution in [2.24, 2.45) is 0 Å². The largest absolute Gasteiger partial charge is 0.322 e. The summed E-state index contributed by atoms with van der Waals surface area (Å²) >= 11 is 0. The van der Waals surface area contributed by atoms with E-state index in [1.54, 1.807) is 12.5 Å². The van der Waals surface area contributed by atoms with Gasteiger partial charge in [-0.15, -0.1) is 0 Å². The minimum Gasteiger partial charge on any atom is -0.322 e. The normalized spacial score (nSPS) is 12.9. The second-order valence-electron chi connectivity index (χ2n) is 5.81. The predicted octanol–water partition coefficient (Wildman–Crippen LogP) is 3.61. The summed E-state index contributed by atoms with van der Waals surface area (Å²) in [6.45, 7) is 0. The van der Waals surface area contributed by atoms with Crippen LogP contribution in [0.2, 0.25) is 0 Å². The molecule has 1 N–H and O–H groups in total. The Morgan fingerprint density at radius 2 is 1.87 bits per heavy atom. The maximum absolute atomic E-state index is 12.4. The molecule has 0 saturated carbocycles.